The number of nitrogens with zero attached hydrogens (tertiary/aromatic N) is 2. The second-order valence-corrected chi connectivity index (χ2v) is 14.8. The van der Waals surface area contributed by atoms with Gasteiger partial charge in [-0.2, -0.15) is 0 Å². The minimum Gasteiger partial charge on any atom is -0.508 e. The fourth-order valence-corrected chi connectivity index (χ4v) is 7.18. The van der Waals surface area contributed by atoms with E-state index < -0.39 is 51.3 Å². The topological polar surface area (TPSA) is 254 Å². The van der Waals surface area contributed by atoms with Gasteiger partial charge in [-0.1, -0.05) is 37.6 Å². The van der Waals surface area contributed by atoms with E-state index in [-0.39, 0.29) is 57.1 Å². The second-order valence-electron chi connectivity index (χ2n) is 10.8. The second kappa shape index (κ2) is 17.0. The number of Topliss-reactive ketones (excluding diaryl/α,β-unsaturated/α-hetero) is 1. The monoisotopic (exact) mass is 674 g/mol. The molecule has 0 atom stereocenters. The molecular formula is C28H40N2O13P2. The fraction of sp³-hybridized carbons (Fsp3) is 0.464. The number of carboxylic acid groups (broad SMARTS) is 2. The molecule has 0 radical (unpaired) electrons. The molecule has 2 aromatic rings. The van der Waals surface area contributed by atoms with Gasteiger partial charge in [0.1, 0.15) is 17.3 Å². The van der Waals surface area contributed by atoms with Crippen molar-refractivity contribution in [3.05, 3.63) is 58.7 Å². The SMILES string of the molecule is CCCc1ccc(O)c(CN(CCN(CC(=O)O)Cc2cc(CCC(=O)CC(P(=O)(O)O)P(=O)(O)O)ccc2O)CC(=O)O)c1. The number of carboxylic acids is 2. The van der Waals surface area contributed by atoms with Gasteiger partial charge in [0.25, 0.3) is 0 Å². The highest BCUT2D eigenvalue weighted by Crippen LogP contribution is 2.61. The molecule has 0 aliphatic carbocycles. The van der Waals surface area contributed by atoms with Gasteiger partial charge in [-0.05, 0) is 36.1 Å². The van der Waals surface area contributed by atoms with Gasteiger partial charge >= 0.3 is 27.1 Å². The van der Waals surface area contributed by atoms with Crippen LogP contribution in [0.2, 0.25) is 0 Å². The summed E-state index contributed by atoms with van der Waals surface area (Å²) in [5.41, 5.74) is 2.29. The van der Waals surface area contributed by atoms with Crippen LogP contribution < -0.4 is 0 Å². The first-order valence-corrected chi connectivity index (χ1v) is 17.4. The summed E-state index contributed by atoms with van der Waals surface area (Å²) in [6.45, 7) is 1.38. The van der Waals surface area contributed by atoms with Gasteiger partial charge in [0.15, 0.2) is 5.40 Å². The van der Waals surface area contributed by atoms with Crippen LogP contribution in [0.15, 0.2) is 36.4 Å². The molecule has 0 aromatic heterocycles. The number of aryl methyl sites for hydroxylation is 2. The van der Waals surface area contributed by atoms with Gasteiger partial charge < -0.3 is 40.0 Å². The number of carbonyl (C=O) groups is 3. The van der Waals surface area contributed by atoms with Gasteiger partial charge in [-0.15, -0.1) is 0 Å². The van der Waals surface area contributed by atoms with Crippen LogP contribution in [0.1, 0.15) is 48.4 Å². The van der Waals surface area contributed by atoms with Crippen molar-refractivity contribution in [2.24, 2.45) is 0 Å². The summed E-state index contributed by atoms with van der Waals surface area (Å²) >= 11 is 0. The number of carbonyl (C=O) groups excluding carboxylic acids is 1. The molecule has 250 valence electrons. The average Bonchev–Trinajstić information content (AvgIpc) is 2.90. The van der Waals surface area contributed by atoms with Crippen LogP contribution in [0.25, 0.3) is 0 Å². The predicted octanol–water partition coefficient (Wildman–Crippen LogP) is 2.10. The van der Waals surface area contributed by atoms with Gasteiger partial charge in [-0.3, -0.25) is 33.3 Å². The minimum absolute atomic E-state index is 0.00633. The van der Waals surface area contributed by atoms with Gasteiger partial charge in [0.05, 0.1) is 13.1 Å². The van der Waals surface area contributed by atoms with E-state index in [2.05, 4.69) is 0 Å². The van der Waals surface area contributed by atoms with Crippen LogP contribution in [0.5, 0.6) is 11.5 Å². The number of phenols is 2. The molecule has 45 heavy (non-hydrogen) atoms. The summed E-state index contributed by atoms with van der Waals surface area (Å²) in [6, 6.07) is 9.45. The summed E-state index contributed by atoms with van der Waals surface area (Å²) in [7, 11) is -10.5. The minimum atomic E-state index is -5.26. The van der Waals surface area contributed by atoms with Crippen LogP contribution >= 0.6 is 15.2 Å². The maximum Gasteiger partial charge on any atom is 0.341 e. The van der Waals surface area contributed by atoms with E-state index >= 15 is 0 Å². The first-order chi connectivity index (χ1) is 20.9. The van der Waals surface area contributed by atoms with Crippen LogP contribution in [-0.2, 0) is 49.4 Å². The third-order valence-electron chi connectivity index (χ3n) is 6.94. The van der Waals surface area contributed by atoms with Crippen molar-refractivity contribution in [3.8, 4) is 11.5 Å². The quantitative estimate of drug-likeness (QED) is 0.0936. The molecule has 17 heteroatoms. The zero-order valence-corrected chi connectivity index (χ0v) is 26.5. The first kappa shape index (κ1) is 38.1. The van der Waals surface area contributed by atoms with Crippen LogP contribution in [-0.4, -0.2) is 99.1 Å². The fourth-order valence-electron chi connectivity index (χ4n) is 4.73. The lowest BCUT2D eigenvalue weighted by atomic mass is 10.0. The molecule has 0 bridgehead atoms. The number of aliphatic carboxylic acids is 2. The van der Waals surface area contributed by atoms with Gasteiger partial charge in [0.2, 0.25) is 0 Å². The molecule has 0 spiro atoms. The molecule has 0 unspecified atom stereocenters. The van der Waals surface area contributed by atoms with E-state index in [9.17, 15) is 63.5 Å². The molecule has 0 fully saturated rings. The summed E-state index contributed by atoms with van der Waals surface area (Å²) in [5.74, 6) is -3.25. The Kier molecular flexibility index (Phi) is 14.4. The van der Waals surface area contributed by atoms with Crippen LogP contribution in [0, 0.1) is 0 Å². The van der Waals surface area contributed by atoms with Crippen molar-refractivity contribution in [1.82, 2.24) is 9.80 Å². The Bertz CT molecular complexity index is 1420. The number of rotatable bonds is 20. The molecule has 0 amide bonds. The van der Waals surface area contributed by atoms with Crippen molar-refractivity contribution in [1.29, 1.82) is 0 Å². The normalized spacial score (nSPS) is 12.3. The van der Waals surface area contributed by atoms with E-state index in [1.807, 2.05) is 6.92 Å². The smallest absolute Gasteiger partial charge is 0.341 e. The lowest BCUT2D eigenvalue weighted by molar-refractivity contribution is -0.140. The molecule has 0 aliphatic heterocycles. The number of aromatic hydroxyl groups is 2. The standard InChI is InChI=1S/C28H40N2O13P2/c1-2-3-19-5-8-24(32)21(12-19)15-29(17-26(34)35)10-11-30(18-27(36)37)16-22-13-20(6-9-25(22)33)4-7-23(31)14-28(44(38,39)40)45(41,42)43/h5-6,8-9,12-13,28,32-33H,2-4,7,10-11,14-18H2,1H3,(H,34,35)(H,36,37)(H2,38,39,40)(H2,41,42,43). The highest BCUT2D eigenvalue weighted by molar-refractivity contribution is 7.70. The molecular weight excluding hydrogens is 634 g/mol. The number of phenolic OH excluding ortho intramolecular Hbond substituents is 2. The predicted molar refractivity (Wildman–Crippen MR) is 162 cm³/mol. The molecule has 2 rings (SSSR count). The Morgan fingerprint density at radius 2 is 1.16 bits per heavy atom. The molecule has 0 heterocycles. The summed E-state index contributed by atoms with van der Waals surface area (Å²) in [6.07, 6.45) is 0.324. The number of benzene rings is 2. The van der Waals surface area contributed by atoms with Gasteiger partial charge in [0, 0.05) is 50.1 Å². The van der Waals surface area contributed by atoms with E-state index in [4.69, 9.17) is 0 Å². The Morgan fingerprint density at radius 1 is 0.733 bits per heavy atom. The Labute approximate surface area is 260 Å². The average molecular weight is 675 g/mol. The lowest BCUT2D eigenvalue weighted by Crippen LogP contribution is -2.39. The van der Waals surface area contributed by atoms with Crippen molar-refractivity contribution in [3.63, 3.8) is 0 Å². The maximum absolute atomic E-state index is 12.3. The summed E-state index contributed by atoms with van der Waals surface area (Å²) < 4.78 is 22.9. The molecule has 2 aromatic carbocycles. The maximum atomic E-state index is 12.3. The van der Waals surface area contributed by atoms with Crippen LogP contribution in [0.4, 0.5) is 0 Å². The Balaban J connectivity index is 2.16. The highest BCUT2D eigenvalue weighted by Gasteiger charge is 2.44. The Hall–Kier alpha value is -3.13. The molecule has 0 saturated heterocycles. The third kappa shape index (κ3) is 13.4. The van der Waals surface area contributed by atoms with Crippen molar-refractivity contribution >= 4 is 32.9 Å². The van der Waals surface area contributed by atoms with Crippen molar-refractivity contribution < 1.29 is 63.5 Å². The van der Waals surface area contributed by atoms with Crippen LogP contribution in [0.3, 0.4) is 0 Å². The number of hydrogen-bond acceptors (Lipinski definition) is 9. The zero-order valence-electron chi connectivity index (χ0n) is 24.7. The zero-order chi connectivity index (χ0) is 33.9. The first-order valence-electron chi connectivity index (χ1n) is 14.0. The van der Waals surface area contributed by atoms with E-state index in [1.165, 1.54) is 23.1 Å². The number of ketones is 1. The highest BCUT2D eigenvalue weighted by atomic mass is 31.2. The van der Waals surface area contributed by atoms with E-state index in [0.29, 0.717) is 16.7 Å². The van der Waals surface area contributed by atoms with E-state index in [0.717, 1.165) is 18.4 Å². The molecule has 0 aliphatic rings. The third-order valence-corrected chi connectivity index (χ3v) is 10.7. The van der Waals surface area contributed by atoms with Crippen molar-refractivity contribution in [2.45, 2.75) is 57.5 Å². The molecule has 8 N–H and O–H groups in total. The molecule has 15 nitrogen and oxygen atoms in total. The largest absolute Gasteiger partial charge is 0.508 e. The summed E-state index contributed by atoms with van der Waals surface area (Å²) in [4.78, 5) is 75.5. The molecule has 0 saturated carbocycles. The lowest BCUT2D eigenvalue weighted by Gasteiger charge is -2.26. The van der Waals surface area contributed by atoms with E-state index in [1.54, 1.807) is 23.1 Å². The summed E-state index contributed by atoms with van der Waals surface area (Å²) in [5, 5.41) is 37.3. The Morgan fingerprint density at radius 3 is 1.53 bits per heavy atom. The van der Waals surface area contributed by atoms with Crippen molar-refractivity contribution in [2.75, 3.05) is 26.2 Å². The van der Waals surface area contributed by atoms with Gasteiger partial charge in [-0.25, -0.2) is 0 Å². The number of hydrogen-bond donors (Lipinski definition) is 8.